The summed E-state index contributed by atoms with van der Waals surface area (Å²) < 4.78 is 0. The van der Waals surface area contributed by atoms with Crippen LogP contribution in [0.5, 0.6) is 0 Å². The Morgan fingerprint density at radius 3 is 1.73 bits per heavy atom. The van der Waals surface area contributed by atoms with Gasteiger partial charge < -0.3 is 10.4 Å². The number of carbonyl (C=O) groups is 1. The van der Waals surface area contributed by atoms with Crippen LogP contribution in [-0.4, -0.2) is 17.1 Å². The largest absolute Gasteiger partial charge is 0.378 e. The Kier molecular flexibility index (Phi) is 5.77. The standard InChI is InChI=1S/C23H29NO2/c1-3-5-17-7-11-19(12-8-17)23(26,21-15-16-22(25)24-21)20-13-9-18(6-4-2)10-14-20/h7-14,21,26H,3-6,15-16H2,1-2H3,(H,24,25)/t21-/m1/s1. The zero-order valence-corrected chi connectivity index (χ0v) is 15.8. The summed E-state index contributed by atoms with van der Waals surface area (Å²) in [6, 6.07) is 16.1. The number of benzene rings is 2. The van der Waals surface area contributed by atoms with Crippen molar-refractivity contribution in [3.63, 3.8) is 0 Å². The van der Waals surface area contributed by atoms with Crippen LogP contribution >= 0.6 is 0 Å². The molecule has 1 saturated heterocycles. The van der Waals surface area contributed by atoms with E-state index < -0.39 is 5.60 Å². The van der Waals surface area contributed by atoms with Crippen LogP contribution in [-0.2, 0) is 23.2 Å². The molecule has 26 heavy (non-hydrogen) atoms. The number of amides is 1. The maximum absolute atomic E-state index is 11.8. The van der Waals surface area contributed by atoms with Gasteiger partial charge in [0.15, 0.2) is 0 Å². The van der Waals surface area contributed by atoms with Crippen molar-refractivity contribution in [3.8, 4) is 0 Å². The molecular weight excluding hydrogens is 322 g/mol. The SMILES string of the molecule is CCCc1ccc(C(O)(c2ccc(CCC)cc2)[C@H]2CCC(=O)N2)cc1. The predicted octanol–water partition coefficient (Wildman–Crippen LogP) is 4.11. The third-order valence-electron chi connectivity index (χ3n) is 5.37. The maximum Gasteiger partial charge on any atom is 0.220 e. The molecule has 2 aromatic carbocycles. The first-order valence-electron chi connectivity index (χ1n) is 9.78. The van der Waals surface area contributed by atoms with Crippen LogP contribution in [0.1, 0.15) is 61.8 Å². The summed E-state index contributed by atoms with van der Waals surface area (Å²) in [4.78, 5) is 11.8. The van der Waals surface area contributed by atoms with Crippen molar-refractivity contribution in [2.75, 3.05) is 0 Å². The molecule has 1 atom stereocenters. The normalized spacial score (nSPS) is 17.3. The zero-order chi connectivity index (χ0) is 18.6. The quantitative estimate of drug-likeness (QED) is 0.789. The molecule has 0 spiro atoms. The first-order valence-corrected chi connectivity index (χ1v) is 9.78. The highest BCUT2D eigenvalue weighted by atomic mass is 16.3. The molecule has 2 N–H and O–H groups in total. The number of nitrogens with one attached hydrogen (secondary N) is 1. The van der Waals surface area contributed by atoms with E-state index in [4.69, 9.17) is 0 Å². The smallest absolute Gasteiger partial charge is 0.220 e. The van der Waals surface area contributed by atoms with Gasteiger partial charge in [-0.3, -0.25) is 4.79 Å². The number of aryl methyl sites for hydroxylation is 2. The summed E-state index contributed by atoms with van der Waals surface area (Å²) in [5.74, 6) is 0.0126. The molecule has 0 unspecified atom stereocenters. The Morgan fingerprint density at radius 2 is 1.38 bits per heavy atom. The molecule has 0 bridgehead atoms. The topological polar surface area (TPSA) is 49.3 Å². The Bertz CT molecular complexity index is 684. The number of aliphatic hydroxyl groups is 1. The molecule has 1 aliphatic rings. The highest BCUT2D eigenvalue weighted by Gasteiger charge is 2.43. The van der Waals surface area contributed by atoms with Gasteiger partial charge in [0.2, 0.25) is 5.91 Å². The van der Waals surface area contributed by atoms with Gasteiger partial charge in [-0.25, -0.2) is 0 Å². The molecule has 1 heterocycles. The molecule has 1 aliphatic heterocycles. The van der Waals surface area contributed by atoms with Gasteiger partial charge in [0, 0.05) is 6.42 Å². The Balaban J connectivity index is 2.00. The van der Waals surface area contributed by atoms with Gasteiger partial charge in [0.25, 0.3) is 0 Å². The molecular formula is C23H29NO2. The lowest BCUT2D eigenvalue weighted by Gasteiger charge is -2.35. The van der Waals surface area contributed by atoms with Crippen molar-refractivity contribution in [3.05, 3.63) is 70.8 Å². The molecule has 2 aromatic rings. The van der Waals surface area contributed by atoms with Crippen LogP contribution in [0.2, 0.25) is 0 Å². The minimum Gasteiger partial charge on any atom is -0.378 e. The third-order valence-corrected chi connectivity index (χ3v) is 5.37. The van der Waals surface area contributed by atoms with Gasteiger partial charge in [0.1, 0.15) is 5.60 Å². The van der Waals surface area contributed by atoms with Crippen molar-refractivity contribution >= 4 is 5.91 Å². The molecule has 0 saturated carbocycles. The second-order valence-electron chi connectivity index (χ2n) is 7.32. The van der Waals surface area contributed by atoms with E-state index in [0.717, 1.165) is 36.8 Å². The van der Waals surface area contributed by atoms with Crippen molar-refractivity contribution < 1.29 is 9.90 Å². The lowest BCUT2D eigenvalue weighted by molar-refractivity contribution is -0.120. The maximum atomic E-state index is 11.8. The molecule has 1 fully saturated rings. The monoisotopic (exact) mass is 351 g/mol. The van der Waals surface area contributed by atoms with Crippen molar-refractivity contribution in [2.45, 2.75) is 64.0 Å². The summed E-state index contributed by atoms with van der Waals surface area (Å²) in [5, 5.41) is 14.8. The molecule has 0 aromatic heterocycles. The van der Waals surface area contributed by atoms with Crippen LogP contribution in [0, 0.1) is 0 Å². The first-order chi connectivity index (χ1) is 12.6. The third kappa shape index (κ3) is 3.68. The number of hydrogen-bond acceptors (Lipinski definition) is 2. The number of carbonyl (C=O) groups excluding carboxylic acids is 1. The van der Waals surface area contributed by atoms with Gasteiger partial charge in [0.05, 0.1) is 6.04 Å². The van der Waals surface area contributed by atoms with Crippen LogP contribution in [0.4, 0.5) is 0 Å². The number of hydrogen-bond donors (Lipinski definition) is 2. The van der Waals surface area contributed by atoms with E-state index in [1.807, 2.05) is 24.3 Å². The molecule has 3 rings (SSSR count). The lowest BCUT2D eigenvalue weighted by Crippen LogP contribution is -2.47. The predicted molar refractivity (Wildman–Crippen MR) is 105 cm³/mol. The Morgan fingerprint density at radius 1 is 0.923 bits per heavy atom. The molecule has 3 nitrogen and oxygen atoms in total. The highest BCUT2D eigenvalue weighted by Crippen LogP contribution is 2.37. The van der Waals surface area contributed by atoms with Gasteiger partial charge in [-0.2, -0.15) is 0 Å². The summed E-state index contributed by atoms with van der Waals surface area (Å²) in [7, 11) is 0. The van der Waals surface area contributed by atoms with Gasteiger partial charge >= 0.3 is 0 Å². The second kappa shape index (κ2) is 8.05. The molecule has 1 amide bonds. The fraction of sp³-hybridized carbons (Fsp3) is 0.435. The zero-order valence-electron chi connectivity index (χ0n) is 15.8. The minimum atomic E-state index is -1.21. The average Bonchev–Trinajstić information content (AvgIpc) is 3.10. The van der Waals surface area contributed by atoms with E-state index in [1.165, 1.54) is 11.1 Å². The summed E-state index contributed by atoms with van der Waals surface area (Å²) in [6.07, 6.45) is 5.37. The van der Waals surface area contributed by atoms with Crippen LogP contribution in [0.3, 0.4) is 0 Å². The second-order valence-corrected chi connectivity index (χ2v) is 7.32. The van der Waals surface area contributed by atoms with E-state index in [0.29, 0.717) is 12.8 Å². The Labute approximate surface area is 156 Å². The first kappa shape index (κ1) is 18.7. The van der Waals surface area contributed by atoms with Crippen molar-refractivity contribution in [1.82, 2.24) is 5.32 Å². The molecule has 0 radical (unpaired) electrons. The lowest BCUT2D eigenvalue weighted by atomic mass is 9.79. The minimum absolute atomic E-state index is 0.0126. The summed E-state index contributed by atoms with van der Waals surface area (Å²) in [5.41, 5.74) is 3.02. The van der Waals surface area contributed by atoms with E-state index in [2.05, 4.69) is 43.4 Å². The van der Waals surface area contributed by atoms with Crippen molar-refractivity contribution in [1.29, 1.82) is 0 Å². The van der Waals surface area contributed by atoms with E-state index in [1.54, 1.807) is 0 Å². The fourth-order valence-electron chi connectivity index (χ4n) is 3.92. The molecule has 138 valence electrons. The van der Waals surface area contributed by atoms with Gasteiger partial charge in [-0.15, -0.1) is 0 Å². The molecule has 3 heteroatoms. The summed E-state index contributed by atoms with van der Waals surface area (Å²) in [6.45, 7) is 4.33. The van der Waals surface area contributed by atoms with Gasteiger partial charge in [-0.1, -0.05) is 75.2 Å². The average molecular weight is 351 g/mol. The van der Waals surface area contributed by atoms with Crippen molar-refractivity contribution in [2.24, 2.45) is 0 Å². The number of rotatable bonds is 7. The van der Waals surface area contributed by atoms with E-state index >= 15 is 0 Å². The van der Waals surface area contributed by atoms with E-state index in [9.17, 15) is 9.90 Å². The van der Waals surface area contributed by atoms with Crippen LogP contribution < -0.4 is 5.32 Å². The summed E-state index contributed by atoms with van der Waals surface area (Å²) >= 11 is 0. The highest BCUT2D eigenvalue weighted by molar-refractivity contribution is 5.79. The fourth-order valence-corrected chi connectivity index (χ4v) is 3.92. The van der Waals surface area contributed by atoms with E-state index in [-0.39, 0.29) is 11.9 Å². The molecule has 0 aliphatic carbocycles. The Hall–Kier alpha value is -2.13. The van der Waals surface area contributed by atoms with Gasteiger partial charge in [-0.05, 0) is 41.5 Å². The van der Waals surface area contributed by atoms with Crippen LogP contribution in [0.25, 0.3) is 0 Å². The van der Waals surface area contributed by atoms with Crippen LogP contribution in [0.15, 0.2) is 48.5 Å².